The first-order valence-corrected chi connectivity index (χ1v) is 7.75. The first-order valence-electron chi connectivity index (χ1n) is 7.75. The SMILES string of the molecule is CC(C)Cc1cc(C(=O)NC(/C=C/C(C)(C)C)C(=O)O)n(C)n1. The lowest BCUT2D eigenvalue weighted by Gasteiger charge is -2.15. The van der Waals surface area contributed by atoms with Gasteiger partial charge in [-0.2, -0.15) is 5.10 Å². The molecule has 0 radical (unpaired) electrons. The highest BCUT2D eigenvalue weighted by molar-refractivity contribution is 5.95. The lowest BCUT2D eigenvalue weighted by Crippen LogP contribution is -2.40. The molecule has 0 saturated carbocycles. The van der Waals surface area contributed by atoms with Crippen molar-refractivity contribution < 1.29 is 14.7 Å². The van der Waals surface area contributed by atoms with Gasteiger partial charge < -0.3 is 10.4 Å². The van der Waals surface area contributed by atoms with Gasteiger partial charge in [0.15, 0.2) is 0 Å². The quantitative estimate of drug-likeness (QED) is 0.788. The van der Waals surface area contributed by atoms with Crippen LogP contribution >= 0.6 is 0 Å². The zero-order valence-corrected chi connectivity index (χ0v) is 14.8. The topological polar surface area (TPSA) is 84.2 Å². The van der Waals surface area contributed by atoms with E-state index in [-0.39, 0.29) is 5.41 Å². The number of hydrogen-bond donors (Lipinski definition) is 2. The zero-order valence-electron chi connectivity index (χ0n) is 14.8. The normalized spacial score (nSPS) is 13.5. The number of carboxylic acids is 1. The van der Waals surface area contributed by atoms with Crippen LogP contribution in [0.15, 0.2) is 18.2 Å². The predicted octanol–water partition coefficient (Wildman–Crippen LogP) is 2.40. The maximum atomic E-state index is 12.3. The van der Waals surface area contributed by atoms with Crippen molar-refractivity contribution in [3.63, 3.8) is 0 Å². The maximum Gasteiger partial charge on any atom is 0.330 e. The van der Waals surface area contributed by atoms with Crippen molar-refractivity contribution in [1.29, 1.82) is 0 Å². The number of allylic oxidation sites excluding steroid dienone is 1. The Balaban J connectivity index is 2.89. The van der Waals surface area contributed by atoms with Gasteiger partial charge in [0.25, 0.3) is 5.91 Å². The minimum atomic E-state index is -1.09. The predicted molar refractivity (Wildman–Crippen MR) is 89.2 cm³/mol. The molecular formula is C17H27N3O3. The van der Waals surface area contributed by atoms with Crippen molar-refractivity contribution in [3.05, 3.63) is 29.6 Å². The van der Waals surface area contributed by atoms with Crippen LogP contribution in [-0.4, -0.2) is 32.8 Å². The van der Waals surface area contributed by atoms with Gasteiger partial charge in [-0.05, 0) is 23.8 Å². The van der Waals surface area contributed by atoms with Crippen molar-refractivity contribution in [2.45, 2.75) is 47.1 Å². The van der Waals surface area contributed by atoms with E-state index in [2.05, 4.69) is 24.3 Å². The molecule has 1 aromatic rings. The highest BCUT2D eigenvalue weighted by Gasteiger charge is 2.21. The van der Waals surface area contributed by atoms with Gasteiger partial charge in [0.05, 0.1) is 5.69 Å². The van der Waals surface area contributed by atoms with Gasteiger partial charge in [-0.3, -0.25) is 9.48 Å². The summed E-state index contributed by atoms with van der Waals surface area (Å²) in [4.78, 5) is 23.7. The molecule has 6 nitrogen and oxygen atoms in total. The number of carbonyl (C=O) groups excluding carboxylic acids is 1. The molecule has 2 N–H and O–H groups in total. The van der Waals surface area contributed by atoms with Gasteiger partial charge in [0.2, 0.25) is 0 Å². The molecule has 1 aromatic heterocycles. The van der Waals surface area contributed by atoms with Crippen LogP contribution in [-0.2, 0) is 18.3 Å². The van der Waals surface area contributed by atoms with Gasteiger partial charge in [0.1, 0.15) is 11.7 Å². The van der Waals surface area contributed by atoms with Gasteiger partial charge in [-0.15, -0.1) is 0 Å². The zero-order chi connectivity index (χ0) is 17.8. The molecule has 0 aliphatic rings. The Morgan fingerprint density at radius 2 is 2.00 bits per heavy atom. The van der Waals surface area contributed by atoms with Crippen molar-refractivity contribution >= 4 is 11.9 Å². The third kappa shape index (κ3) is 6.26. The minimum absolute atomic E-state index is 0.157. The van der Waals surface area contributed by atoms with Gasteiger partial charge in [-0.1, -0.05) is 46.8 Å². The number of aromatic nitrogens is 2. The summed E-state index contributed by atoms with van der Waals surface area (Å²) in [5.41, 5.74) is 1.02. The Hall–Kier alpha value is -2.11. The number of hydrogen-bond acceptors (Lipinski definition) is 3. The van der Waals surface area contributed by atoms with Crippen LogP contribution in [0.2, 0.25) is 0 Å². The number of nitrogens with zero attached hydrogens (tertiary/aromatic N) is 2. The summed E-state index contributed by atoms with van der Waals surface area (Å²) >= 11 is 0. The van der Waals surface area contributed by atoms with E-state index in [9.17, 15) is 14.7 Å². The molecular weight excluding hydrogens is 294 g/mol. The molecule has 0 aliphatic carbocycles. The Morgan fingerprint density at radius 1 is 1.39 bits per heavy atom. The molecule has 0 fully saturated rings. The smallest absolute Gasteiger partial charge is 0.330 e. The largest absolute Gasteiger partial charge is 0.479 e. The molecule has 23 heavy (non-hydrogen) atoms. The van der Waals surface area contributed by atoms with Crippen LogP contribution in [0.3, 0.4) is 0 Å². The Morgan fingerprint density at radius 3 is 2.48 bits per heavy atom. The molecule has 1 heterocycles. The second-order valence-electron chi connectivity index (χ2n) is 7.26. The molecule has 1 rings (SSSR count). The summed E-state index contributed by atoms with van der Waals surface area (Å²) in [6, 6.07) is 0.645. The van der Waals surface area contributed by atoms with E-state index in [1.165, 1.54) is 10.8 Å². The Labute approximate surface area is 137 Å². The van der Waals surface area contributed by atoms with E-state index in [1.807, 2.05) is 20.8 Å². The van der Waals surface area contributed by atoms with Gasteiger partial charge >= 0.3 is 5.97 Å². The Kier molecular flexibility index (Phi) is 6.12. The van der Waals surface area contributed by atoms with E-state index in [4.69, 9.17) is 0 Å². The lowest BCUT2D eigenvalue weighted by molar-refractivity contribution is -0.137. The van der Waals surface area contributed by atoms with E-state index in [1.54, 1.807) is 19.2 Å². The molecule has 1 unspecified atom stereocenters. The highest BCUT2D eigenvalue weighted by atomic mass is 16.4. The average molecular weight is 321 g/mol. The number of nitrogens with one attached hydrogen (secondary N) is 1. The van der Waals surface area contributed by atoms with Crippen molar-refractivity contribution in [2.24, 2.45) is 18.4 Å². The van der Waals surface area contributed by atoms with E-state index in [0.29, 0.717) is 11.6 Å². The highest BCUT2D eigenvalue weighted by Crippen LogP contribution is 2.15. The van der Waals surface area contributed by atoms with Gasteiger partial charge in [0, 0.05) is 7.05 Å². The molecule has 0 bridgehead atoms. The van der Waals surface area contributed by atoms with Crippen LogP contribution in [0.5, 0.6) is 0 Å². The number of carbonyl (C=O) groups is 2. The average Bonchev–Trinajstić information content (AvgIpc) is 2.72. The molecule has 128 valence electrons. The van der Waals surface area contributed by atoms with Gasteiger partial charge in [-0.25, -0.2) is 4.79 Å². The molecule has 1 amide bonds. The lowest BCUT2D eigenvalue weighted by atomic mass is 9.95. The number of rotatable bonds is 6. The summed E-state index contributed by atoms with van der Waals surface area (Å²) in [6.45, 7) is 10.0. The molecule has 0 saturated heterocycles. The molecule has 0 aliphatic heterocycles. The maximum absolute atomic E-state index is 12.3. The van der Waals surface area contributed by atoms with Crippen molar-refractivity contribution in [3.8, 4) is 0 Å². The van der Waals surface area contributed by atoms with Crippen LogP contribution in [0, 0.1) is 11.3 Å². The minimum Gasteiger partial charge on any atom is -0.479 e. The number of aryl methyl sites for hydroxylation is 1. The number of carboxylic acid groups (broad SMARTS) is 1. The van der Waals surface area contributed by atoms with E-state index < -0.39 is 17.9 Å². The summed E-state index contributed by atoms with van der Waals surface area (Å²) in [6.07, 6.45) is 4.05. The van der Waals surface area contributed by atoms with Crippen LogP contribution in [0.25, 0.3) is 0 Å². The first-order chi connectivity index (χ1) is 10.5. The fourth-order valence-electron chi connectivity index (χ4n) is 2.05. The summed E-state index contributed by atoms with van der Waals surface area (Å²) in [5.74, 6) is -1.10. The summed E-state index contributed by atoms with van der Waals surface area (Å²) in [5, 5.41) is 16.1. The number of amides is 1. The van der Waals surface area contributed by atoms with Crippen LogP contribution in [0.1, 0.15) is 50.8 Å². The molecule has 1 atom stereocenters. The van der Waals surface area contributed by atoms with E-state index in [0.717, 1.165) is 12.1 Å². The second-order valence-corrected chi connectivity index (χ2v) is 7.26. The second kappa shape index (κ2) is 7.44. The molecule has 6 heteroatoms. The fraction of sp³-hybridized carbons (Fsp3) is 0.588. The molecule has 0 aromatic carbocycles. The van der Waals surface area contributed by atoms with Crippen LogP contribution in [0.4, 0.5) is 0 Å². The Bertz CT molecular complexity index is 595. The third-order valence-electron chi connectivity index (χ3n) is 3.12. The van der Waals surface area contributed by atoms with Crippen LogP contribution < -0.4 is 5.32 Å². The number of aliphatic carboxylic acids is 1. The molecule has 0 spiro atoms. The summed E-state index contributed by atoms with van der Waals surface area (Å²) in [7, 11) is 1.68. The van der Waals surface area contributed by atoms with Crippen molar-refractivity contribution in [1.82, 2.24) is 15.1 Å². The first kappa shape index (κ1) is 18.9. The monoisotopic (exact) mass is 321 g/mol. The summed E-state index contributed by atoms with van der Waals surface area (Å²) < 4.78 is 1.49. The van der Waals surface area contributed by atoms with E-state index >= 15 is 0 Å². The standard InChI is InChI=1S/C17H27N3O3/c1-11(2)9-12-10-14(20(6)19-12)15(21)18-13(16(22)23)7-8-17(3,4)5/h7-8,10-11,13H,9H2,1-6H3,(H,18,21)(H,22,23)/b8-7+. The third-order valence-corrected chi connectivity index (χ3v) is 3.12. The fourth-order valence-corrected chi connectivity index (χ4v) is 2.05. The van der Waals surface area contributed by atoms with Crippen molar-refractivity contribution in [2.75, 3.05) is 0 Å².